The van der Waals surface area contributed by atoms with Gasteiger partial charge in [0.1, 0.15) is 0 Å². The van der Waals surface area contributed by atoms with Gasteiger partial charge in [-0.3, -0.25) is 0 Å². The van der Waals surface area contributed by atoms with E-state index in [9.17, 15) is 0 Å². The SMILES string of the molecule is CC(C)N(c1ccc(-c2ccc(N)cc2)cc1)C(C)C. The molecule has 0 aliphatic heterocycles. The number of benzene rings is 2. The lowest BCUT2D eigenvalue weighted by Crippen LogP contribution is -2.36. The molecule has 0 spiro atoms. The van der Waals surface area contributed by atoms with E-state index in [1.807, 2.05) is 12.1 Å². The van der Waals surface area contributed by atoms with Crippen molar-refractivity contribution in [1.29, 1.82) is 0 Å². The Balaban J connectivity index is 2.27. The first-order valence-corrected chi connectivity index (χ1v) is 7.23. The molecule has 0 amide bonds. The van der Waals surface area contributed by atoms with Crippen LogP contribution in [0.15, 0.2) is 48.5 Å². The Bertz CT molecular complexity index is 531. The van der Waals surface area contributed by atoms with Gasteiger partial charge in [-0.2, -0.15) is 0 Å². The molecule has 0 atom stereocenters. The predicted octanol–water partition coefficient (Wildman–Crippen LogP) is 4.56. The highest BCUT2D eigenvalue weighted by Gasteiger charge is 2.13. The number of nitrogen functional groups attached to an aromatic ring is 1. The van der Waals surface area contributed by atoms with Crippen molar-refractivity contribution in [2.45, 2.75) is 39.8 Å². The molecule has 0 heterocycles. The van der Waals surface area contributed by atoms with E-state index in [2.05, 4.69) is 69.0 Å². The van der Waals surface area contributed by atoms with E-state index in [1.54, 1.807) is 0 Å². The number of nitrogens with two attached hydrogens (primary N) is 1. The van der Waals surface area contributed by atoms with Gasteiger partial charge in [0.05, 0.1) is 0 Å². The molecule has 0 aliphatic carbocycles. The van der Waals surface area contributed by atoms with Gasteiger partial charge in [0.2, 0.25) is 0 Å². The normalized spacial score (nSPS) is 11.1. The zero-order valence-corrected chi connectivity index (χ0v) is 12.8. The van der Waals surface area contributed by atoms with E-state index in [0.29, 0.717) is 12.1 Å². The number of rotatable bonds is 4. The Morgan fingerprint density at radius 1 is 0.700 bits per heavy atom. The lowest BCUT2D eigenvalue weighted by atomic mass is 10.0. The van der Waals surface area contributed by atoms with Gasteiger partial charge < -0.3 is 10.6 Å². The van der Waals surface area contributed by atoms with Crippen LogP contribution in [0.4, 0.5) is 11.4 Å². The first-order chi connectivity index (χ1) is 9.49. The fraction of sp³-hybridized carbons (Fsp3) is 0.333. The standard InChI is InChI=1S/C18H24N2/c1-13(2)20(14(3)4)18-11-7-16(8-12-18)15-5-9-17(19)10-6-15/h5-14H,19H2,1-4H3. The molecule has 2 rings (SSSR count). The fourth-order valence-electron chi connectivity index (χ4n) is 2.69. The smallest absolute Gasteiger partial charge is 0.0371 e. The quantitative estimate of drug-likeness (QED) is 0.824. The first kappa shape index (κ1) is 14.4. The summed E-state index contributed by atoms with van der Waals surface area (Å²) in [6.45, 7) is 8.92. The molecule has 2 nitrogen and oxygen atoms in total. The summed E-state index contributed by atoms with van der Waals surface area (Å²) in [4.78, 5) is 2.42. The molecule has 2 aromatic rings. The molecule has 0 radical (unpaired) electrons. The molecule has 0 unspecified atom stereocenters. The third kappa shape index (κ3) is 3.13. The lowest BCUT2D eigenvalue weighted by molar-refractivity contribution is 0.608. The van der Waals surface area contributed by atoms with Crippen LogP contribution in [-0.2, 0) is 0 Å². The van der Waals surface area contributed by atoms with Crippen molar-refractivity contribution in [2.75, 3.05) is 10.6 Å². The van der Waals surface area contributed by atoms with E-state index >= 15 is 0 Å². The van der Waals surface area contributed by atoms with Crippen molar-refractivity contribution in [3.05, 3.63) is 48.5 Å². The van der Waals surface area contributed by atoms with Crippen molar-refractivity contribution in [3.8, 4) is 11.1 Å². The predicted molar refractivity (Wildman–Crippen MR) is 89.0 cm³/mol. The Kier molecular flexibility index (Phi) is 4.33. The van der Waals surface area contributed by atoms with Crippen LogP contribution in [0.3, 0.4) is 0 Å². The summed E-state index contributed by atoms with van der Waals surface area (Å²) in [5.74, 6) is 0. The molecular weight excluding hydrogens is 244 g/mol. The van der Waals surface area contributed by atoms with Crippen LogP contribution in [0.1, 0.15) is 27.7 Å². The van der Waals surface area contributed by atoms with Crippen LogP contribution in [0, 0.1) is 0 Å². The van der Waals surface area contributed by atoms with Crippen molar-refractivity contribution in [1.82, 2.24) is 0 Å². The monoisotopic (exact) mass is 268 g/mol. The van der Waals surface area contributed by atoms with E-state index in [0.717, 1.165) is 5.69 Å². The van der Waals surface area contributed by atoms with Gasteiger partial charge in [0.25, 0.3) is 0 Å². The minimum absolute atomic E-state index is 0.498. The maximum Gasteiger partial charge on any atom is 0.0371 e. The van der Waals surface area contributed by atoms with E-state index in [-0.39, 0.29) is 0 Å². The second-order valence-electron chi connectivity index (χ2n) is 5.76. The van der Waals surface area contributed by atoms with Gasteiger partial charge >= 0.3 is 0 Å². The van der Waals surface area contributed by atoms with Gasteiger partial charge in [0.15, 0.2) is 0 Å². The molecule has 0 saturated heterocycles. The highest BCUT2D eigenvalue weighted by atomic mass is 15.2. The molecule has 106 valence electrons. The summed E-state index contributed by atoms with van der Waals surface area (Å²) >= 11 is 0. The molecule has 2 N–H and O–H groups in total. The van der Waals surface area contributed by atoms with E-state index < -0.39 is 0 Å². The molecule has 2 aromatic carbocycles. The topological polar surface area (TPSA) is 29.3 Å². The van der Waals surface area contributed by atoms with Gasteiger partial charge in [-0.25, -0.2) is 0 Å². The second-order valence-corrected chi connectivity index (χ2v) is 5.76. The molecule has 0 fully saturated rings. The third-order valence-corrected chi connectivity index (χ3v) is 3.52. The lowest BCUT2D eigenvalue weighted by Gasteiger charge is -2.33. The summed E-state index contributed by atoms with van der Waals surface area (Å²) in [5.41, 5.74) is 10.2. The number of hydrogen-bond donors (Lipinski definition) is 1. The van der Waals surface area contributed by atoms with Crippen molar-refractivity contribution in [3.63, 3.8) is 0 Å². The Hall–Kier alpha value is -1.96. The summed E-state index contributed by atoms with van der Waals surface area (Å²) in [5, 5.41) is 0. The number of anilines is 2. The van der Waals surface area contributed by atoms with Gasteiger partial charge in [0, 0.05) is 23.5 Å². The van der Waals surface area contributed by atoms with Crippen molar-refractivity contribution >= 4 is 11.4 Å². The second kappa shape index (κ2) is 6.00. The molecule has 0 aliphatic rings. The average molecular weight is 268 g/mol. The van der Waals surface area contributed by atoms with Gasteiger partial charge in [-0.1, -0.05) is 24.3 Å². The molecule has 0 bridgehead atoms. The summed E-state index contributed by atoms with van der Waals surface area (Å²) in [7, 11) is 0. The zero-order chi connectivity index (χ0) is 14.7. The minimum Gasteiger partial charge on any atom is -0.399 e. The summed E-state index contributed by atoms with van der Waals surface area (Å²) < 4.78 is 0. The van der Waals surface area contributed by atoms with E-state index in [4.69, 9.17) is 5.73 Å². The number of nitrogens with zero attached hydrogens (tertiary/aromatic N) is 1. The molecule has 0 saturated carbocycles. The largest absolute Gasteiger partial charge is 0.399 e. The number of hydrogen-bond acceptors (Lipinski definition) is 2. The van der Waals surface area contributed by atoms with Gasteiger partial charge in [-0.05, 0) is 63.1 Å². The average Bonchev–Trinajstić information content (AvgIpc) is 2.40. The molecule has 0 aromatic heterocycles. The third-order valence-electron chi connectivity index (χ3n) is 3.52. The summed E-state index contributed by atoms with van der Waals surface area (Å²) in [6.07, 6.45) is 0. The fourth-order valence-corrected chi connectivity index (χ4v) is 2.69. The van der Waals surface area contributed by atoms with Crippen LogP contribution < -0.4 is 10.6 Å². The van der Waals surface area contributed by atoms with Crippen molar-refractivity contribution in [2.24, 2.45) is 0 Å². The van der Waals surface area contributed by atoms with Crippen molar-refractivity contribution < 1.29 is 0 Å². The van der Waals surface area contributed by atoms with Crippen LogP contribution >= 0.6 is 0 Å². The van der Waals surface area contributed by atoms with Crippen LogP contribution in [0.2, 0.25) is 0 Å². The van der Waals surface area contributed by atoms with E-state index in [1.165, 1.54) is 16.8 Å². The molecule has 20 heavy (non-hydrogen) atoms. The van der Waals surface area contributed by atoms with Crippen LogP contribution in [-0.4, -0.2) is 12.1 Å². The van der Waals surface area contributed by atoms with Gasteiger partial charge in [-0.15, -0.1) is 0 Å². The van der Waals surface area contributed by atoms with Crippen LogP contribution in [0.5, 0.6) is 0 Å². The Morgan fingerprint density at radius 3 is 1.50 bits per heavy atom. The molecule has 2 heteroatoms. The highest BCUT2D eigenvalue weighted by molar-refractivity contribution is 5.68. The van der Waals surface area contributed by atoms with Crippen LogP contribution in [0.25, 0.3) is 11.1 Å². The first-order valence-electron chi connectivity index (χ1n) is 7.23. The molecular formula is C18H24N2. The maximum absolute atomic E-state index is 5.73. The summed E-state index contributed by atoms with van der Waals surface area (Å²) in [6, 6.07) is 17.8. The maximum atomic E-state index is 5.73. The highest BCUT2D eigenvalue weighted by Crippen LogP contribution is 2.26. The Labute approximate surface area is 122 Å². The Morgan fingerprint density at radius 2 is 1.10 bits per heavy atom. The minimum atomic E-state index is 0.498. The zero-order valence-electron chi connectivity index (χ0n) is 12.8.